The fraction of sp³-hybridized carbons (Fsp3) is 0.556. The maximum absolute atomic E-state index is 11.8. The maximum Gasteiger partial charge on any atom is 0.490 e. The number of phosphoric acid groups is 3. The van der Waals surface area contributed by atoms with E-state index in [-0.39, 0.29) is 6.42 Å². The standard InChI is InChI=1S/C9H14ClN2O13P3/c10-6-3-5(23-8(6)12-2-1-7(13)11-9(12)14)4-22-27(18,19)25-28(20,21)24-26(15,16)17/h1-2,5-6,8H,3-4H2,(H,18,19)(H,20,21)(H,11,13,14)(H2,15,16,17). The van der Waals surface area contributed by atoms with E-state index in [1.807, 2.05) is 4.98 Å². The van der Waals surface area contributed by atoms with E-state index in [1.165, 1.54) is 0 Å². The second kappa shape index (κ2) is 8.60. The normalized spacial score (nSPS) is 27.2. The number of rotatable bonds is 8. The lowest BCUT2D eigenvalue weighted by Crippen LogP contribution is -2.33. The van der Waals surface area contributed by atoms with E-state index in [9.17, 15) is 28.2 Å². The zero-order chi connectivity index (χ0) is 21.3. The number of aromatic amines is 1. The first-order chi connectivity index (χ1) is 12.7. The molecule has 1 aliphatic heterocycles. The molecule has 19 heteroatoms. The first-order valence-electron chi connectivity index (χ1n) is 7.07. The van der Waals surface area contributed by atoms with Crippen LogP contribution in [0.25, 0.3) is 0 Å². The molecule has 0 spiro atoms. The van der Waals surface area contributed by atoms with Gasteiger partial charge in [-0.1, -0.05) is 0 Å². The molecular formula is C9H14ClN2O13P3. The van der Waals surface area contributed by atoms with Crippen molar-refractivity contribution in [3.05, 3.63) is 33.1 Å². The van der Waals surface area contributed by atoms with Crippen molar-refractivity contribution in [3.63, 3.8) is 0 Å². The SMILES string of the molecule is O=c1ccn(C2OC(COP(=O)(O)OP(=O)(O)OP(=O)(O)O)CC2Cl)c(=O)[nH]1. The number of H-pyrrole nitrogens is 1. The molecule has 1 aliphatic rings. The average Bonchev–Trinajstić information content (AvgIpc) is 2.82. The van der Waals surface area contributed by atoms with Crippen molar-refractivity contribution >= 4 is 35.1 Å². The zero-order valence-electron chi connectivity index (χ0n) is 13.4. The monoisotopic (exact) mass is 486 g/mol. The van der Waals surface area contributed by atoms with Gasteiger partial charge < -0.3 is 24.3 Å². The summed E-state index contributed by atoms with van der Waals surface area (Å²) in [5, 5.41) is -0.807. The van der Waals surface area contributed by atoms with Gasteiger partial charge in [-0.3, -0.25) is 18.9 Å². The Bertz CT molecular complexity index is 970. The van der Waals surface area contributed by atoms with Crippen LogP contribution in [0.5, 0.6) is 0 Å². The van der Waals surface area contributed by atoms with Crippen LogP contribution in [0.2, 0.25) is 0 Å². The summed E-state index contributed by atoms with van der Waals surface area (Å²) >= 11 is 6.06. The number of aromatic nitrogens is 2. The fourth-order valence-corrected chi connectivity index (χ4v) is 5.59. The Morgan fingerprint density at radius 1 is 1.18 bits per heavy atom. The van der Waals surface area contributed by atoms with Gasteiger partial charge in [0.15, 0.2) is 6.23 Å². The molecule has 0 aromatic carbocycles. The van der Waals surface area contributed by atoms with Crippen LogP contribution in [-0.2, 0) is 31.6 Å². The van der Waals surface area contributed by atoms with Gasteiger partial charge in [0.05, 0.1) is 18.1 Å². The zero-order valence-corrected chi connectivity index (χ0v) is 16.9. The van der Waals surface area contributed by atoms with Crippen LogP contribution < -0.4 is 11.2 Å². The minimum Gasteiger partial charge on any atom is -0.351 e. The summed E-state index contributed by atoms with van der Waals surface area (Å²) in [6, 6.07) is 1.05. The van der Waals surface area contributed by atoms with Gasteiger partial charge >= 0.3 is 29.2 Å². The summed E-state index contributed by atoms with van der Waals surface area (Å²) in [7, 11) is -16.4. The third-order valence-corrected chi connectivity index (χ3v) is 7.29. The van der Waals surface area contributed by atoms with Crippen LogP contribution in [0, 0.1) is 0 Å². The van der Waals surface area contributed by atoms with Crippen molar-refractivity contribution in [3.8, 4) is 0 Å². The molecule has 2 rings (SSSR count). The molecule has 0 radical (unpaired) electrons. The maximum atomic E-state index is 11.8. The molecule has 5 atom stereocenters. The van der Waals surface area contributed by atoms with Crippen LogP contribution in [0.3, 0.4) is 0 Å². The highest BCUT2D eigenvalue weighted by atomic mass is 35.5. The van der Waals surface area contributed by atoms with Crippen LogP contribution >= 0.6 is 35.1 Å². The molecule has 1 fully saturated rings. The van der Waals surface area contributed by atoms with E-state index in [1.54, 1.807) is 0 Å². The van der Waals surface area contributed by atoms with E-state index >= 15 is 0 Å². The van der Waals surface area contributed by atoms with Gasteiger partial charge in [-0.2, -0.15) is 8.62 Å². The second-order valence-electron chi connectivity index (χ2n) is 5.30. The first-order valence-corrected chi connectivity index (χ1v) is 12.0. The predicted octanol–water partition coefficient (Wildman–Crippen LogP) is -0.225. The Labute approximate surface area is 160 Å². The number of alkyl halides is 1. The average molecular weight is 487 g/mol. The third kappa shape index (κ3) is 6.99. The molecule has 1 aromatic rings. The molecule has 0 amide bonds. The van der Waals surface area contributed by atoms with Crippen LogP contribution in [0.1, 0.15) is 12.6 Å². The molecule has 2 heterocycles. The Morgan fingerprint density at radius 3 is 2.39 bits per heavy atom. The van der Waals surface area contributed by atoms with Gasteiger partial charge in [-0.25, -0.2) is 18.5 Å². The molecule has 1 saturated heterocycles. The number of nitrogens with zero attached hydrogens (tertiary/aromatic N) is 1. The third-order valence-electron chi connectivity index (χ3n) is 3.09. The van der Waals surface area contributed by atoms with Crippen LogP contribution in [0.15, 0.2) is 21.9 Å². The minimum atomic E-state index is -5.63. The summed E-state index contributed by atoms with van der Waals surface area (Å²) in [6.45, 7) is -0.707. The van der Waals surface area contributed by atoms with Gasteiger partial charge in [0, 0.05) is 12.3 Å². The lowest BCUT2D eigenvalue weighted by atomic mass is 10.2. The number of hydrogen-bond donors (Lipinski definition) is 5. The molecule has 15 nitrogen and oxygen atoms in total. The van der Waals surface area contributed by atoms with E-state index in [0.717, 1.165) is 16.8 Å². The summed E-state index contributed by atoms with van der Waals surface area (Å²) in [6.07, 6.45) is -0.892. The molecule has 0 bridgehead atoms. The van der Waals surface area contributed by atoms with Gasteiger partial charge in [-0.15, -0.1) is 11.6 Å². The van der Waals surface area contributed by atoms with Crippen molar-refractivity contribution in [2.24, 2.45) is 0 Å². The Balaban J connectivity index is 1.98. The number of hydrogen-bond acceptors (Lipinski definition) is 9. The van der Waals surface area contributed by atoms with Crippen molar-refractivity contribution in [1.29, 1.82) is 0 Å². The predicted molar refractivity (Wildman–Crippen MR) is 89.3 cm³/mol. The Kier molecular flexibility index (Phi) is 7.26. The lowest BCUT2D eigenvalue weighted by molar-refractivity contribution is -0.0235. The Morgan fingerprint density at radius 2 is 1.82 bits per heavy atom. The number of phosphoric ester groups is 1. The van der Waals surface area contributed by atoms with Gasteiger partial charge in [0.2, 0.25) is 0 Å². The molecule has 5 unspecified atom stereocenters. The highest BCUT2D eigenvalue weighted by Crippen LogP contribution is 2.66. The van der Waals surface area contributed by atoms with Gasteiger partial charge in [-0.05, 0) is 6.42 Å². The number of halogens is 1. The van der Waals surface area contributed by atoms with Gasteiger partial charge in [0.25, 0.3) is 5.56 Å². The first kappa shape index (κ1) is 23.6. The molecule has 1 aromatic heterocycles. The highest BCUT2D eigenvalue weighted by molar-refractivity contribution is 7.66. The van der Waals surface area contributed by atoms with E-state index in [0.29, 0.717) is 0 Å². The van der Waals surface area contributed by atoms with Crippen molar-refractivity contribution in [2.45, 2.75) is 24.1 Å². The Hall–Kier alpha value is -0.660. The van der Waals surface area contributed by atoms with E-state index < -0.39 is 59.0 Å². The largest absolute Gasteiger partial charge is 0.490 e. The van der Waals surface area contributed by atoms with Crippen molar-refractivity contribution < 1.29 is 51.2 Å². The van der Waals surface area contributed by atoms with E-state index in [4.69, 9.17) is 31.0 Å². The molecule has 28 heavy (non-hydrogen) atoms. The van der Waals surface area contributed by atoms with Crippen molar-refractivity contribution in [2.75, 3.05) is 6.61 Å². The fourth-order valence-electron chi connectivity index (χ4n) is 2.16. The minimum absolute atomic E-state index is 0.00750. The van der Waals surface area contributed by atoms with Crippen molar-refractivity contribution in [1.82, 2.24) is 9.55 Å². The lowest BCUT2D eigenvalue weighted by Gasteiger charge is -2.19. The summed E-state index contributed by atoms with van der Waals surface area (Å²) in [4.78, 5) is 60.2. The van der Waals surface area contributed by atoms with Gasteiger partial charge in [0.1, 0.15) is 0 Å². The molecule has 0 saturated carbocycles. The number of ether oxygens (including phenoxy) is 1. The van der Waals surface area contributed by atoms with E-state index in [2.05, 4.69) is 13.1 Å². The topological polar surface area (TPSA) is 224 Å². The summed E-state index contributed by atoms with van der Waals surface area (Å²) < 4.78 is 51.4. The molecular weight excluding hydrogens is 472 g/mol. The quantitative estimate of drug-likeness (QED) is 0.237. The van der Waals surface area contributed by atoms with Crippen LogP contribution in [0.4, 0.5) is 0 Å². The summed E-state index contributed by atoms with van der Waals surface area (Å²) in [5.74, 6) is 0. The second-order valence-corrected chi connectivity index (χ2v) is 10.3. The highest BCUT2D eigenvalue weighted by Gasteiger charge is 2.42. The summed E-state index contributed by atoms with van der Waals surface area (Å²) in [5.41, 5.74) is -1.45. The number of nitrogens with one attached hydrogen (secondary N) is 1. The smallest absolute Gasteiger partial charge is 0.351 e. The molecule has 160 valence electrons. The van der Waals surface area contributed by atoms with Crippen LogP contribution in [-0.4, -0.2) is 47.2 Å². The molecule has 5 N–H and O–H groups in total. The molecule has 0 aliphatic carbocycles.